The largest absolute Gasteiger partial charge is 0.354 e. The highest BCUT2D eigenvalue weighted by Gasteiger charge is 2.28. The summed E-state index contributed by atoms with van der Waals surface area (Å²) in [5.74, 6) is 0. The minimum atomic E-state index is 0.232. The summed E-state index contributed by atoms with van der Waals surface area (Å²) >= 11 is 0. The van der Waals surface area contributed by atoms with E-state index in [0.29, 0.717) is 0 Å². The number of hydrogen-bond acceptors (Lipinski definition) is 1. The quantitative estimate of drug-likeness (QED) is 0.203. The molecule has 0 fully saturated rings. The molecule has 7 aromatic carbocycles. The van der Waals surface area contributed by atoms with E-state index < -0.39 is 0 Å². The van der Waals surface area contributed by atoms with Crippen molar-refractivity contribution in [3.05, 3.63) is 158 Å². The van der Waals surface area contributed by atoms with Crippen LogP contribution in [0.5, 0.6) is 0 Å². The summed E-state index contributed by atoms with van der Waals surface area (Å²) in [6.45, 7) is 0. The van der Waals surface area contributed by atoms with Crippen LogP contribution in [0.25, 0.3) is 76.7 Å². The molecule has 0 radical (unpaired) electrons. The fourth-order valence-corrected chi connectivity index (χ4v) is 7.95. The molecule has 0 bridgehead atoms. The molecule has 0 saturated carbocycles. The number of nitrogens with zero attached hydrogens (tertiary/aromatic N) is 1. The van der Waals surface area contributed by atoms with Crippen LogP contribution in [-0.2, 0) is 0 Å². The van der Waals surface area contributed by atoms with Crippen LogP contribution in [0.1, 0.15) is 6.42 Å². The average Bonchev–Trinajstić information content (AvgIpc) is 3.65. The first-order valence-corrected chi connectivity index (χ1v) is 16.1. The van der Waals surface area contributed by atoms with Crippen molar-refractivity contribution in [2.45, 2.75) is 12.5 Å². The van der Waals surface area contributed by atoms with Crippen LogP contribution in [0.2, 0.25) is 0 Å². The van der Waals surface area contributed by atoms with E-state index >= 15 is 0 Å². The molecule has 0 aliphatic heterocycles. The maximum absolute atomic E-state index is 3.84. The second-order valence-corrected chi connectivity index (χ2v) is 12.5. The Balaban J connectivity index is 1.14. The molecule has 1 unspecified atom stereocenters. The smallest absolute Gasteiger partial charge is 0.0560 e. The molecule has 10 rings (SSSR count). The number of benzene rings is 7. The summed E-state index contributed by atoms with van der Waals surface area (Å²) in [5, 5.41) is 9.05. The molecule has 2 heteroatoms. The standard InChI is InChI=1S/C44H30N2/c1-2-16-33(17-3-1)46(40-22-10-13-28-11-4-6-19-35(28)40)34-18-8-14-29(26-34)30-23-24-39-38(27-30)42-37-21-9-15-32-25-31-12-5-7-20-36(31)43(41(32)37)44(42)45-39/h1-16,18-27,33,45H,17H2. The maximum atomic E-state index is 3.84. The van der Waals surface area contributed by atoms with Crippen LogP contribution in [0, 0.1) is 0 Å². The molecule has 0 amide bonds. The fourth-order valence-electron chi connectivity index (χ4n) is 7.95. The van der Waals surface area contributed by atoms with Gasteiger partial charge in [-0.2, -0.15) is 0 Å². The lowest BCUT2D eigenvalue weighted by Crippen LogP contribution is -2.30. The lowest BCUT2D eigenvalue weighted by Gasteiger charge is -2.33. The summed E-state index contributed by atoms with van der Waals surface area (Å²) in [7, 11) is 0. The van der Waals surface area contributed by atoms with E-state index in [0.717, 1.165) is 6.42 Å². The van der Waals surface area contributed by atoms with Gasteiger partial charge in [0.15, 0.2) is 0 Å². The number of fused-ring (bicyclic) bond motifs is 8. The monoisotopic (exact) mass is 586 g/mol. The number of hydrogen-bond donors (Lipinski definition) is 1. The summed E-state index contributed by atoms with van der Waals surface area (Å²) in [5.41, 5.74) is 11.3. The van der Waals surface area contributed by atoms with Crippen LogP contribution in [0.15, 0.2) is 158 Å². The third-order valence-electron chi connectivity index (χ3n) is 9.98. The van der Waals surface area contributed by atoms with E-state index in [9.17, 15) is 0 Å². The number of anilines is 2. The van der Waals surface area contributed by atoms with Crippen LogP contribution >= 0.6 is 0 Å². The molecule has 1 aromatic heterocycles. The second kappa shape index (κ2) is 9.82. The molecule has 0 saturated heterocycles. The van der Waals surface area contributed by atoms with Gasteiger partial charge in [0.05, 0.1) is 11.7 Å². The number of aromatic amines is 1. The molecule has 1 atom stereocenters. The number of allylic oxidation sites excluding steroid dienone is 2. The summed E-state index contributed by atoms with van der Waals surface area (Å²) in [6, 6.07) is 49.4. The maximum Gasteiger partial charge on any atom is 0.0560 e. The fraction of sp³-hybridized carbons (Fsp3) is 0.0455. The Morgan fingerprint density at radius 1 is 0.565 bits per heavy atom. The summed E-state index contributed by atoms with van der Waals surface area (Å²) in [6.07, 6.45) is 9.89. The number of rotatable bonds is 4. The van der Waals surface area contributed by atoms with Crippen LogP contribution < -0.4 is 4.90 Å². The molecular formula is C44H30N2. The van der Waals surface area contributed by atoms with Gasteiger partial charge in [0.1, 0.15) is 0 Å². The highest BCUT2D eigenvalue weighted by atomic mass is 15.2. The molecule has 2 nitrogen and oxygen atoms in total. The van der Waals surface area contributed by atoms with E-state index in [4.69, 9.17) is 0 Å². The average molecular weight is 587 g/mol. The van der Waals surface area contributed by atoms with Crippen molar-refractivity contribution in [1.29, 1.82) is 0 Å². The summed E-state index contributed by atoms with van der Waals surface area (Å²) in [4.78, 5) is 6.36. The van der Waals surface area contributed by atoms with Gasteiger partial charge in [0, 0.05) is 38.8 Å². The molecule has 2 aliphatic rings. The number of nitrogens with one attached hydrogen (secondary N) is 1. The Kier molecular flexibility index (Phi) is 5.44. The third kappa shape index (κ3) is 3.71. The van der Waals surface area contributed by atoms with Gasteiger partial charge >= 0.3 is 0 Å². The van der Waals surface area contributed by atoms with Gasteiger partial charge in [-0.05, 0) is 86.4 Å². The topological polar surface area (TPSA) is 19.0 Å². The first kappa shape index (κ1) is 25.5. The zero-order chi connectivity index (χ0) is 30.2. The lowest BCUT2D eigenvalue weighted by atomic mass is 9.96. The van der Waals surface area contributed by atoms with Crippen molar-refractivity contribution >= 4 is 54.6 Å². The van der Waals surface area contributed by atoms with E-state index in [1.165, 1.54) is 88.1 Å². The van der Waals surface area contributed by atoms with Gasteiger partial charge < -0.3 is 9.88 Å². The molecule has 46 heavy (non-hydrogen) atoms. The third-order valence-corrected chi connectivity index (χ3v) is 9.98. The van der Waals surface area contributed by atoms with Crippen molar-refractivity contribution in [2.75, 3.05) is 4.90 Å². The van der Waals surface area contributed by atoms with Gasteiger partial charge in [-0.15, -0.1) is 0 Å². The first-order valence-electron chi connectivity index (χ1n) is 16.1. The van der Waals surface area contributed by atoms with Gasteiger partial charge in [-0.25, -0.2) is 0 Å². The number of H-pyrrole nitrogens is 1. The normalized spacial score (nSPS) is 14.9. The minimum Gasteiger partial charge on any atom is -0.354 e. The molecule has 2 aliphatic carbocycles. The van der Waals surface area contributed by atoms with E-state index in [2.05, 4.69) is 168 Å². The van der Waals surface area contributed by atoms with Crippen molar-refractivity contribution in [3.63, 3.8) is 0 Å². The first-order chi connectivity index (χ1) is 22.8. The highest BCUT2D eigenvalue weighted by molar-refractivity contribution is 6.27. The lowest BCUT2D eigenvalue weighted by molar-refractivity contribution is 0.787. The molecule has 216 valence electrons. The zero-order valence-electron chi connectivity index (χ0n) is 25.2. The molecule has 0 spiro atoms. The van der Waals surface area contributed by atoms with E-state index in [-0.39, 0.29) is 6.04 Å². The van der Waals surface area contributed by atoms with Gasteiger partial charge in [-0.3, -0.25) is 0 Å². The second-order valence-electron chi connectivity index (χ2n) is 12.5. The van der Waals surface area contributed by atoms with Crippen molar-refractivity contribution in [3.8, 4) is 33.5 Å². The van der Waals surface area contributed by atoms with E-state index in [1.807, 2.05) is 0 Å². The predicted octanol–water partition coefficient (Wildman–Crippen LogP) is 12.0. The predicted molar refractivity (Wildman–Crippen MR) is 196 cm³/mol. The zero-order valence-corrected chi connectivity index (χ0v) is 25.2. The Labute approximate surface area is 267 Å². The Morgan fingerprint density at radius 3 is 2.26 bits per heavy atom. The Hall–Kier alpha value is -5.86. The Bertz CT molecular complexity index is 2580. The van der Waals surface area contributed by atoms with E-state index in [1.54, 1.807) is 0 Å². The van der Waals surface area contributed by atoms with Gasteiger partial charge in [0.25, 0.3) is 0 Å². The summed E-state index contributed by atoms with van der Waals surface area (Å²) < 4.78 is 0. The molecular weight excluding hydrogens is 556 g/mol. The highest BCUT2D eigenvalue weighted by Crippen LogP contribution is 2.53. The van der Waals surface area contributed by atoms with Crippen molar-refractivity contribution < 1.29 is 0 Å². The Morgan fingerprint density at radius 2 is 1.35 bits per heavy atom. The minimum absolute atomic E-state index is 0.232. The number of aromatic nitrogens is 1. The van der Waals surface area contributed by atoms with Crippen molar-refractivity contribution in [2.24, 2.45) is 0 Å². The van der Waals surface area contributed by atoms with Gasteiger partial charge in [-0.1, -0.05) is 121 Å². The SMILES string of the molecule is C1=CCC(N(c2cccc(-c3ccc4[nH]c5c(c4c3)-c3cccc4cc6ccccc6c-5c34)c2)c2cccc3ccccc23)C=C1. The molecule has 1 heterocycles. The van der Waals surface area contributed by atoms with Crippen LogP contribution in [0.4, 0.5) is 11.4 Å². The molecule has 1 N–H and O–H groups in total. The molecule has 8 aromatic rings. The van der Waals surface area contributed by atoms with Crippen LogP contribution in [-0.4, -0.2) is 11.0 Å². The van der Waals surface area contributed by atoms with Gasteiger partial charge in [0.2, 0.25) is 0 Å². The van der Waals surface area contributed by atoms with Crippen molar-refractivity contribution in [1.82, 2.24) is 4.98 Å². The van der Waals surface area contributed by atoms with Crippen LogP contribution in [0.3, 0.4) is 0 Å².